The molecule has 0 heterocycles. The van der Waals surface area contributed by atoms with Crippen molar-refractivity contribution in [2.45, 2.75) is 19.6 Å². The molecule has 3 aromatic rings. The molecule has 7 heteroatoms. The summed E-state index contributed by atoms with van der Waals surface area (Å²) in [4.78, 5) is 12.6. The molecule has 0 fully saturated rings. The highest BCUT2D eigenvalue weighted by molar-refractivity contribution is 6.37. The van der Waals surface area contributed by atoms with Gasteiger partial charge in [0.25, 0.3) is 5.91 Å². The van der Waals surface area contributed by atoms with Gasteiger partial charge < -0.3 is 10.1 Å². The van der Waals surface area contributed by atoms with Crippen LogP contribution in [0, 0.1) is 11.3 Å². The Labute approximate surface area is 202 Å². The first kappa shape index (κ1) is 23.7. The zero-order valence-corrected chi connectivity index (χ0v) is 19.4. The largest absolute Gasteiger partial charge is 0.486 e. The van der Waals surface area contributed by atoms with Crippen molar-refractivity contribution in [3.63, 3.8) is 0 Å². The van der Waals surface area contributed by atoms with Gasteiger partial charge >= 0.3 is 0 Å². The van der Waals surface area contributed by atoms with Crippen molar-refractivity contribution in [2.75, 3.05) is 0 Å². The number of halogens is 3. The number of ether oxygens (including phenoxy) is 1. The van der Waals surface area contributed by atoms with E-state index in [4.69, 9.17) is 39.5 Å². The summed E-state index contributed by atoms with van der Waals surface area (Å²) >= 11 is 18.6. The Morgan fingerprint density at radius 2 is 1.69 bits per heavy atom. The lowest BCUT2D eigenvalue weighted by Crippen LogP contribution is -2.27. The van der Waals surface area contributed by atoms with Gasteiger partial charge in [-0.2, -0.15) is 5.26 Å². The van der Waals surface area contributed by atoms with Crippen molar-refractivity contribution in [2.24, 2.45) is 0 Å². The summed E-state index contributed by atoms with van der Waals surface area (Å²) in [7, 11) is 0. The number of carbonyl (C=O) groups is 1. The fourth-order valence-corrected chi connectivity index (χ4v) is 3.69. The van der Waals surface area contributed by atoms with Crippen LogP contribution in [0.3, 0.4) is 0 Å². The fraction of sp³-hybridized carbons (Fsp3) is 0.120. The number of nitrogens with zero attached hydrogens (tertiary/aromatic N) is 1. The van der Waals surface area contributed by atoms with E-state index in [1.807, 2.05) is 55.5 Å². The van der Waals surface area contributed by atoms with Gasteiger partial charge in [-0.05, 0) is 54.0 Å². The maximum Gasteiger partial charge on any atom is 0.262 e. The van der Waals surface area contributed by atoms with Crippen LogP contribution in [0.1, 0.15) is 29.7 Å². The Hall–Kier alpha value is -2.97. The van der Waals surface area contributed by atoms with Gasteiger partial charge in [-0.1, -0.05) is 77.3 Å². The Morgan fingerprint density at radius 3 is 2.28 bits per heavy atom. The molecule has 0 saturated heterocycles. The van der Waals surface area contributed by atoms with Crippen molar-refractivity contribution in [1.82, 2.24) is 5.32 Å². The molecule has 0 unspecified atom stereocenters. The van der Waals surface area contributed by atoms with Crippen LogP contribution in [0.25, 0.3) is 6.08 Å². The van der Waals surface area contributed by atoms with Crippen LogP contribution in [0.15, 0.2) is 72.3 Å². The molecule has 1 amide bonds. The highest BCUT2D eigenvalue weighted by Gasteiger charge is 2.15. The van der Waals surface area contributed by atoms with Crippen molar-refractivity contribution in [3.8, 4) is 11.8 Å². The minimum atomic E-state index is -0.487. The monoisotopic (exact) mass is 484 g/mol. The van der Waals surface area contributed by atoms with Crippen LogP contribution >= 0.6 is 34.8 Å². The van der Waals surface area contributed by atoms with Gasteiger partial charge in [-0.3, -0.25) is 4.79 Å². The molecule has 3 rings (SSSR count). The molecule has 0 spiro atoms. The van der Waals surface area contributed by atoms with E-state index in [-0.39, 0.29) is 28.3 Å². The summed E-state index contributed by atoms with van der Waals surface area (Å²) in [5.41, 5.74) is 2.29. The Kier molecular flexibility index (Phi) is 8.19. The van der Waals surface area contributed by atoms with Gasteiger partial charge in [0, 0.05) is 5.02 Å². The number of rotatable bonds is 7. The Morgan fingerprint density at radius 1 is 1.06 bits per heavy atom. The van der Waals surface area contributed by atoms with Crippen molar-refractivity contribution < 1.29 is 9.53 Å². The average molecular weight is 486 g/mol. The van der Waals surface area contributed by atoms with Gasteiger partial charge in [0.2, 0.25) is 0 Å². The highest BCUT2D eigenvalue weighted by Crippen LogP contribution is 2.35. The molecule has 0 aliphatic heterocycles. The quantitative estimate of drug-likeness (QED) is 0.289. The maximum atomic E-state index is 12.6. The third kappa shape index (κ3) is 6.27. The van der Waals surface area contributed by atoms with Gasteiger partial charge in [0.15, 0.2) is 5.75 Å². The molecule has 0 aliphatic carbocycles. The second kappa shape index (κ2) is 11.1. The minimum Gasteiger partial charge on any atom is -0.486 e. The molecule has 0 aliphatic rings. The number of nitriles is 1. The lowest BCUT2D eigenvalue weighted by atomic mass is 10.1. The van der Waals surface area contributed by atoms with Crippen LogP contribution < -0.4 is 10.1 Å². The van der Waals surface area contributed by atoms with E-state index in [0.29, 0.717) is 16.3 Å². The van der Waals surface area contributed by atoms with Crippen LogP contribution in [-0.4, -0.2) is 5.91 Å². The first-order valence-electron chi connectivity index (χ1n) is 9.71. The zero-order valence-electron chi connectivity index (χ0n) is 17.1. The Bertz CT molecular complexity index is 1150. The van der Waals surface area contributed by atoms with Crippen LogP contribution in [0.2, 0.25) is 15.1 Å². The molecule has 32 heavy (non-hydrogen) atoms. The Balaban J connectivity index is 1.74. The van der Waals surface area contributed by atoms with E-state index in [1.165, 1.54) is 6.08 Å². The molecule has 4 nitrogen and oxygen atoms in total. The van der Waals surface area contributed by atoms with Crippen LogP contribution in [0.5, 0.6) is 5.75 Å². The third-order valence-electron chi connectivity index (χ3n) is 4.64. The second-order valence-corrected chi connectivity index (χ2v) is 8.26. The smallest absolute Gasteiger partial charge is 0.262 e. The van der Waals surface area contributed by atoms with E-state index in [2.05, 4.69) is 5.32 Å². The number of hydrogen-bond donors (Lipinski definition) is 1. The summed E-state index contributed by atoms with van der Waals surface area (Å²) in [6, 6.07) is 21.6. The van der Waals surface area contributed by atoms with Crippen molar-refractivity contribution in [3.05, 3.63) is 104 Å². The molecular weight excluding hydrogens is 467 g/mol. The molecule has 3 aromatic carbocycles. The summed E-state index contributed by atoms with van der Waals surface area (Å²) < 4.78 is 5.76. The SMILES string of the molecule is C[C@H](NC(=O)/C(C#N)=C\c1cc(Cl)c(OCc2ccc(Cl)cc2)c(Cl)c1)c1ccccc1. The van der Waals surface area contributed by atoms with Crippen molar-refractivity contribution >= 4 is 46.8 Å². The van der Waals surface area contributed by atoms with Crippen molar-refractivity contribution in [1.29, 1.82) is 5.26 Å². The lowest BCUT2D eigenvalue weighted by molar-refractivity contribution is -0.117. The summed E-state index contributed by atoms with van der Waals surface area (Å²) in [6.07, 6.45) is 1.44. The van der Waals surface area contributed by atoms with Gasteiger partial charge in [0.1, 0.15) is 18.2 Å². The molecule has 0 saturated carbocycles. The zero-order chi connectivity index (χ0) is 23.1. The number of amides is 1. The average Bonchev–Trinajstić information content (AvgIpc) is 2.78. The van der Waals surface area contributed by atoms with E-state index >= 15 is 0 Å². The standard InChI is InChI=1S/C25H19Cl3N2O2/c1-16(19-5-3-2-4-6-19)30-25(31)20(14-29)11-18-12-22(27)24(23(28)13-18)32-15-17-7-9-21(26)10-8-17/h2-13,16H,15H2,1H3,(H,30,31)/b20-11-/t16-/m0/s1. The minimum absolute atomic E-state index is 0.0604. The van der Waals surface area contributed by atoms with E-state index in [1.54, 1.807) is 24.3 Å². The first-order chi connectivity index (χ1) is 15.4. The predicted octanol–water partition coefficient (Wildman–Crippen LogP) is 7.01. The lowest BCUT2D eigenvalue weighted by Gasteiger charge is -2.14. The number of nitrogens with one attached hydrogen (secondary N) is 1. The summed E-state index contributed by atoms with van der Waals surface area (Å²) in [5.74, 6) is -0.166. The van der Waals surface area contributed by atoms with Gasteiger partial charge in [-0.15, -0.1) is 0 Å². The van der Waals surface area contributed by atoms with E-state index < -0.39 is 5.91 Å². The maximum absolute atomic E-state index is 12.6. The van der Waals surface area contributed by atoms with E-state index in [0.717, 1.165) is 11.1 Å². The summed E-state index contributed by atoms with van der Waals surface area (Å²) in [5, 5.41) is 13.5. The van der Waals surface area contributed by atoms with Crippen LogP contribution in [0.4, 0.5) is 0 Å². The van der Waals surface area contributed by atoms with Gasteiger partial charge in [0.05, 0.1) is 16.1 Å². The topological polar surface area (TPSA) is 62.1 Å². The van der Waals surface area contributed by atoms with E-state index in [9.17, 15) is 10.1 Å². The number of hydrogen-bond acceptors (Lipinski definition) is 3. The first-order valence-corrected chi connectivity index (χ1v) is 10.8. The molecular formula is C25H19Cl3N2O2. The molecule has 0 radical (unpaired) electrons. The predicted molar refractivity (Wildman–Crippen MR) is 129 cm³/mol. The molecule has 1 atom stereocenters. The third-order valence-corrected chi connectivity index (χ3v) is 5.45. The number of carbonyl (C=O) groups excluding carboxylic acids is 1. The normalized spacial score (nSPS) is 12.0. The fourth-order valence-electron chi connectivity index (χ4n) is 2.95. The summed E-state index contributed by atoms with van der Waals surface area (Å²) in [6.45, 7) is 2.11. The molecule has 162 valence electrons. The second-order valence-electron chi connectivity index (χ2n) is 7.00. The van der Waals surface area contributed by atoms with Crippen LogP contribution in [-0.2, 0) is 11.4 Å². The molecule has 0 aromatic heterocycles. The van der Waals surface area contributed by atoms with Gasteiger partial charge in [-0.25, -0.2) is 0 Å². The molecule has 1 N–H and O–H groups in total. The molecule has 0 bridgehead atoms. The number of benzene rings is 3. The highest BCUT2D eigenvalue weighted by atomic mass is 35.5.